The molecule has 0 unspecified atom stereocenters. The van der Waals surface area contributed by atoms with E-state index in [-0.39, 0.29) is 13.2 Å². The van der Waals surface area contributed by atoms with Crippen LogP contribution in [-0.2, 0) is 13.2 Å². The molecule has 5 N–H and O–H groups in total. The van der Waals surface area contributed by atoms with Crippen molar-refractivity contribution in [1.29, 1.82) is 0 Å². The summed E-state index contributed by atoms with van der Waals surface area (Å²) in [6.45, 7) is 1.99. The normalized spacial score (nSPS) is 10.9. The molecule has 27 heavy (non-hydrogen) atoms. The van der Waals surface area contributed by atoms with Gasteiger partial charge in [0.2, 0.25) is 0 Å². The zero-order valence-corrected chi connectivity index (χ0v) is 15.3. The van der Waals surface area contributed by atoms with E-state index in [0.717, 1.165) is 21.9 Å². The standard InChI is InChI=1S/C20H23N3O4/c1-3-27-18-9-15-13(7-17(18)26-2)6-14(10-24)16(11-25)20(15)12-4-5-22-19(8-12)23-21/h4-9,24-25H,3,10-11,21H2,1-2H3,(H,22,23). The minimum atomic E-state index is -0.217. The molecular weight excluding hydrogens is 346 g/mol. The van der Waals surface area contributed by atoms with Crippen LogP contribution >= 0.6 is 0 Å². The van der Waals surface area contributed by atoms with Crippen molar-refractivity contribution in [3.63, 3.8) is 0 Å². The number of benzene rings is 2. The number of ether oxygens (including phenoxy) is 2. The Labute approximate surface area is 157 Å². The van der Waals surface area contributed by atoms with Gasteiger partial charge in [0, 0.05) is 6.20 Å². The Morgan fingerprint density at radius 3 is 2.56 bits per heavy atom. The molecule has 0 spiro atoms. The third-order valence-electron chi connectivity index (χ3n) is 4.45. The summed E-state index contributed by atoms with van der Waals surface area (Å²) in [6.07, 6.45) is 1.64. The molecule has 0 fully saturated rings. The Kier molecular flexibility index (Phi) is 5.75. The van der Waals surface area contributed by atoms with Crippen LogP contribution in [0.4, 0.5) is 5.82 Å². The van der Waals surface area contributed by atoms with Crippen LogP contribution in [0.3, 0.4) is 0 Å². The van der Waals surface area contributed by atoms with Gasteiger partial charge < -0.3 is 25.1 Å². The number of anilines is 1. The van der Waals surface area contributed by atoms with E-state index >= 15 is 0 Å². The summed E-state index contributed by atoms with van der Waals surface area (Å²) >= 11 is 0. The van der Waals surface area contributed by atoms with Gasteiger partial charge in [-0.3, -0.25) is 0 Å². The highest BCUT2D eigenvalue weighted by Crippen LogP contribution is 2.40. The fourth-order valence-electron chi connectivity index (χ4n) is 3.25. The van der Waals surface area contributed by atoms with Crippen LogP contribution in [0.25, 0.3) is 21.9 Å². The molecule has 1 aromatic heterocycles. The quantitative estimate of drug-likeness (QED) is 0.374. The van der Waals surface area contributed by atoms with Gasteiger partial charge in [0.25, 0.3) is 0 Å². The smallest absolute Gasteiger partial charge is 0.161 e. The summed E-state index contributed by atoms with van der Waals surface area (Å²) in [4.78, 5) is 4.14. The predicted octanol–water partition coefficient (Wildman–Crippen LogP) is 2.58. The lowest BCUT2D eigenvalue weighted by molar-refractivity contribution is 0.260. The van der Waals surface area contributed by atoms with Crippen LogP contribution in [0.2, 0.25) is 0 Å². The molecule has 3 rings (SSSR count). The molecule has 0 saturated carbocycles. The van der Waals surface area contributed by atoms with E-state index in [0.29, 0.717) is 35.1 Å². The van der Waals surface area contributed by atoms with Crippen LogP contribution in [0.5, 0.6) is 11.5 Å². The zero-order valence-electron chi connectivity index (χ0n) is 15.3. The zero-order chi connectivity index (χ0) is 19.4. The number of hydrogen-bond acceptors (Lipinski definition) is 7. The van der Waals surface area contributed by atoms with E-state index < -0.39 is 0 Å². The second-order valence-electron chi connectivity index (χ2n) is 5.94. The molecule has 0 atom stereocenters. The van der Waals surface area contributed by atoms with Gasteiger partial charge in [0.15, 0.2) is 11.5 Å². The number of hydrazine groups is 1. The first-order valence-corrected chi connectivity index (χ1v) is 8.60. The number of aromatic nitrogens is 1. The van der Waals surface area contributed by atoms with Crippen molar-refractivity contribution in [2.24, 2.45) is 5.84 Å². The average molecular weight is 369 g/mol. The fraction of sp³-hybridized carbons (Fsp3) is 0.250. The van der Waals surface area contributed by atoms with Crippen LogP contribution in [0.15, 0.2) is 36.5 Å². The van der Waals surface area contributed by atoms with Gasteiger partial charge in [0.05, 0.1) is 26.9 Å². The number of methoxy groups -OCH3 is 1. The molecule has 0 bridgehead atoms. The first kappa shape index (κ1) is 18.9. The van der Waals surface area contributed by atoms with Crippen molar-refractivity contribution in [1.82, 2.24) is 4.98 Å². The van der Waals surface area contributed by atoms with Gasteiger partial charge in [-0.15, -0.1) is 0 Å². The number of nitrogen functional groups attached to an aromatic ring is 1. The molecule has 0 amide bonds. The number of pyridine rings is 1. The average Bonchev–Trinajstić information content (AvgIpc) is 2.72. The molecule has 142 valence electrons. The molecular formula is C20H23N3O4. The van der Waals surface area contributed by atoms with E-state index in [1.165, 1.54) is 0 Å². The summed E-state index contributed by atoms with van der Waals surface area (Å²) in [5.41, 5.74) is 5.43. The number of fused-ring (bicyclic) bond motifs is 1. The molecule has 0 aliphatic carbocycles. The van der Waals surface area contributed by atoms with Gasteiger partial charge in [-0.05, 0) is 70.3 Å². The number of aliphatic hydroxyl groups is 2. The van der Waals surface area contributed by atoms with Crippen LogP contribution in [-0.4, -0.2) is 28.9 Å². The van der Waals surface area contributed by atoms with Crippen molar-refractivity contribution in [2.75, 3.05) is 19.1 Å². The summed E-state index contributed by atoms with van der Waals surface area (Å²) in [5, 5.41) is 21.6. The summed E-state index contributed by atoms with van der Waals surface area (Å²) in [5.74, 6) is 7.22. The molecule has 0 aliphatic rings. The topological polar surface area (TPSA) is 110 Å². The second kappa shape index (κ2) is 8.22. The Bertz CT molecular complexity index is 960. The molecule has 1 heterocycles. The molecule has 0 aliphatic heterocycles. The third-order valence-corrected chi connectivity index (χ3v) is 4.45. The van der Waals surface area contributed by atoms with E-state index in [9.17, 15) is 10.2 Å². The van der Waals surface area contributed by atoms with Crippen molar-refractivity contribution in [2.45, 2.75) is 20.1 Å². The largest absolute Gasteiger partial charge is 0.493 e. The lowest BCUT2D eigenvalue weighted by Gasteiger charge is -2.19. The fourth-order valence-corrected chi connectivity index (χ4v) is 3.25. The summed E-state index contributed by atoms with van der Waals surface area (Å²) < 4.78 is 11.2. The molecule has 0 radical (unpaired) electrons. The Balaban J connectivity index is 2.40. The maximum absolute atomic E-state index is 10.0. The molecule has 3 aromatic rings. The monoisotopic (exact) mass is 369 g/mol. The maximum atomic E-state index is 10.0. The molecule has 7 nitrogen and oxygen atoms in total. The summed E-state index contributed by atoms with van der Waals surface area (Å²) in [7, 11) is 1.59. The van der Waals surface area contributed by atoms with E-state index in [1.807, 2.05) is 31.2 Å². The van der Waals surface area contributed by atoms with Crippen molar-refractivity contribution in [3.05, 3.63) is 47.7 Å². The van der Waals surface area contributed by atoms with Gasteiger partial charge in [0.1, 0.15) is 5.82 Å². The van der Waals surface area contributed by atoms with Crippen LogP contribution in [0, 0.1) is 0 Å². The van der Waals surface area contributed by atoms with Crippen molar-refractivity contribution in [3.8, 4) is 22.6 Å². The van der Waals surface area contributed by atoms with E-state index in [2.05, 4.69) is 10.4 Å². The van der Waals surface area contributed by atoms with Gasteiger partial charge in [-0.25, -0.2) is 10.8 Å². The Hall–Kier alpha value is -2.87. The van der Waals surface area contributed by atoms with Gasteiger partial charge in [-0.2, -0.15) is 0 Å². The van der Waals surface area contributed by atoms with Gasteiger partial charge >= 0.3 is 0 Å². The SMILES string of the molecule is CCOc1cc2c(-c3ccnc(NN)c3)c(CO)c(CO)cc2cc1OC. The van der Waals surface area contributed by atoms with Gasteiger partial charge in [-0.1, -0.05) is 0 Å². The number of hydrogen-bond donors (Lipinski definition) is 4. The maximum Gasteiger partial charge on any atom is 0.161 e. The van der Waals surface area contributed by atoms with Crippen LogP contribution in [0.1, 0.15) is 18.1 Å². The highest BCUT2D eigenvalue weighted by molar-refractivity contribution is 6.01. The minimum Gasteiger partial charge on any atom is -0.493 e. The third kappa shape index (κ3) is 3.52. The Morgan fingerprint density at radius 2 is 1.93 bits per heavy atom. The van der Waals surface area contributed by atoms with Crippen molar-refractivity contribution >= 4 is 16.6 Å². The number of nitrogens with zero attached hydrogens (tertiary/aromatic N) is 1. The molecule has 7 heteroatoms. The number of nitrogens with two attached hydrogens (primary N) is 1. The number of rotatable bonds is 7. The summed E-state index contributed by atoms with van der Waals surface area (Å²) in [6, 6.07) is 9.24. The highest BCUT2D eigenvalue weighted by Gasteiger charge is 2.18. The van der Waals surface area contributed by atoms with Crippen LogP contribution < -0.4 is 20.7 Å². The van der Waals surface area contributed by atoms with Crippen molar-refractivity contribution < 1.29 is 19.7 Å². The Morgan fingerprint density at radius 1 is 1.11 bits per heavy atom. The first-order chi connectivity index (χ1) is 13.2. The molecule has 0 saturated heterocycles. The number of aliphatic hydroxyl groups excluding tert-OH is 2. The second-order valence-corrected chi connectivity index (χ2v) is 5.94. The van der Waals surface area contributed by atoms with E-state index in [4.69, 9.17) is 15.3 Å². The molecule has 2 aromatic carbocycles. The first-order valence-electron chi connectivity index (χ1n) is 8.60. The number of nitrogens with one attached hydrogen (secondary N) is 1. The lowest BCUT2D eigenvalue weighted by atomic mass is 9.90. The highest BCUT2D eigenvalue weighted by atomic mass is 16.5. The predicted molar refractivity (Wildman–Crippen MR) is 105 cm³/mol. The van der Waals surface area contributed by atoms with E-state index in [1.54, 1.807) is 19.4 Å². The minimum absolute atomic E-state index is 0.193. The lowest BCUT2D eigenvalue weighted by Crippen LogP contribution is -2.08.